The highest BCUT2D eigenvalue weighted by molar-refractivity contribution is 7.85. The summed E-state index contributed by atoms with van der Waals surface area (Å²) in [6.07, 6.45) is 1.68. The molecule has 142 valence electrons. The molecule has 1 atom stereocenters. The molecule has 0 aliphatic rings. The minimum atomic E-state index is -1.49. The summed E-state index contributed by atoms with van der Waals surface area (Å²) in [7, 11) is 4.06. The Kier molecular flexibility index (Phi) is 4.83. The number of fused-ring (bicyclic) bond motifs is 1. The van der Waals surface area contributed by atoms with Gasteiger partial charge in [0.25, 0.3) is 0 Å². The van der Waals surface area contributed by atoms with Crippen LogP contribution in [0.3, 0.4) is 0 Å². The number of aromatic nitrogens is 3. The van der Waals surface area contributed by atoms with Crippen LogP contribution in [0.5, 0.6) is 5.75 Å². The van der Waals surface area contributed by atoms with E-state index in [1.807, 2.05) is 67.5 Å². The molecule has 0 saturated heterocycles. The molecular weight excluding hydrogens is 372 g/mol. The molecule has 0 saturated carbocycles. The maximum absolute atomic E-state index is 13.4. The van der Waals surface area contributed by atoms with Gasteiger partial charge in [0.2, 0.25) is 5.16 Å². The molecule has 6 nitrogen and oxygen atoms in total. The van der Waals surface area contributed by atoms with Crippen molar-refractivity contribution >= 4 is 27.5 Å². The highest BCUT2D eigenvalue weighted by Crippen LogP contribution is 2.32. The van der Waals surface area contributed by atoms with Gasteiger partial charge in [-0.05, 0) is 36.4 Å². The molecule has 0 aliphatic heterocycles. The minimum Gasteiger partial charge on any atom is -0.497 e. The van der Waals surface area contributed by atoms with Crippen molar-refractivity contribution in [2.24, 2.45) is 0 Å². The number of anilines is 1. The van der Waals surface area contributed by atoms with E-state index >= 15 is 0 Å². The van der Waals surface area contributed by atoms with Crippen molar-refractivity contribution in [2.45, 2.75) is 10.1 Å². The summed E-state index contributed by atoms with van der Waals surface area (Å²) >= 11 is 0. The summed E-state index contributed by atoms with van der Waals surface area (Å²) in [6, 6.07) is 17.1. The zero-order valence-corrected chi connectivity index (χ0v) is 16.7. The third kappa shape index (κ3) is 3.36. The smallest absolute Gasteiger partial charge is 0.202 e. The predicted octanol–water partition coefficient (Wildman–Crippen LogP) is 3.87. The third-order valence-corrected chi connectivity index (χ3v) is 5.77. The van der Waals surface area contributed by atoms with Crippen LogP contribution in [-0.4, -0.2) is 40.4 Å². The SMILES string of the molecule is COc1ccnc(-c2cc(N(C)C)ccc2S(=O)c2nc3ccccc3[nH]2)c1. The quantitative estimate of drug-likeness (QED) is 0.558. The summed E-state index contributed by atoms with van der Waals surface area (Å²) in [5.41, 5.74) is 4.12. The van der Waals surface area contributed by atoms with Gasteiger partial charge in [0.05, 0.1) is 28.7 Å². The molecule has 2 heterocycles. The van der Waals surface area contributed by atoms with Crippen LogP contribution in [0.4, 0.5) is 5.69 Å². The molecule has 2 aromatic carbocycles. The van der Waals surface area contributed by atoms with E-state index in [1.54, 1.807) is 19.4 Å². The topological polar surface area (TPSA) is 71.1 Å². The standard InChI is InChI=1S/C21H20N4O2S/c1-25(2)14-8-9-20(16(12-14)19-13-15(27-3)10-11-22-19)28(26)21-23-17-6-4-5-7-18(17)24-21/h4-13H,1-3H3,(H,23,24). The van der Waals surface area contributed by atoms with E-state index in [9.17, 15) is 4.21 Å². The minimum absolute atomic E-state index is 0.419. The van der Waals surface area contributed by atoms with Crippen LogP contribution in [0.2, 0.25) is 0 Å². The fourth-order valence-corrected chi connectivity index (χ4v) is 4.11. The van der Waals surface area contributed by atoms with Crippen molar-refractivity contribution in [3.8, 4) is 17.0 Å². The largest absolute Gasteiger partial charge is 0.497 e. The number of hydrogen-bond donors (Lipinski definition) is 1. The summed E-state index contributed by atoms with van der Waals surface area (Å²) in [5.74, 6) is 0.695. The van der Waals surface area contributed by atoms with Gasteiger partial charge in [0.15, 0.2) is 0 Å². The molecule has 0 radical (unpaired) electrons. The zero-order chi connectivity index (χ0) is 19.7. The summed E-state index contributed by atoms with van der Waals surface area (Å²) in [4.78, 5) is 14.8. The van der Waals surface area contributed by atoms with Crippen LogP contribution in [-0.2, 0) is 10.8 Å². The highest BCUT2D eigenvalue weighted by Gasteiger charge is 2.19. The average molecular weight is 392 g/mol. The van der Waals surface area contributed by atoms with Gasteiger partial charge in [-0.3, -0.25) is 4.98 Å². The van der Waals surface area contributed by atoms with E-state index in [4.69, 9.17) is 4.74 Å². The molecule has 4 rings (SSSR count). The van der Waals surface area contributed by atoms with Gasteiger partial charge in [0.1, 0.15) is 16.5 Å². The number of benzene rings is 2. The highest BCUT2D eigenvalue weighted by atomic mass is 32.2. The number of para-hydroxylation sites is 2. The van der Waals surface area contributed by atoms with Gasteiger partial charge < -0.3 is 14.6 Å². The lowest BCUT2D eigenvalue weighted by Crippen LogP contribution is -2.09. The van der Waals surface area contributed by atoms with E-state index in [0.29, 0.717) is 21.5 Å². The van der Waals surface area contributed by atoms with Crippen molar-refractivity contribution in [2.75, 3.05) is 26.1 Å². The molecule has 0 aliphatic carbocycles. The zero-order valence-electron chi connectivity index (χ0n) is 15.8. The predicted molar refractivity (Wildman–Crippen MR) is 111 cm³/mol. The van der Waals surface area contributed by atoms with Crippen LogP contribution < -0.4 is 9.64 Å². The number of H-pyrrole nitrogens is 1. The Morgan fingerprint density at radius 1 is 1.07 bits per heavy atom. The van der Waals surface area contributed by atoms with Crippen molar-refractivity contribution in [1.82, 2.24) is 15.0 Å². The molecule has 0 spiro atoms. The summed E-state index contributed by atoms with van der Waals surface area (Å²) < 4.78 is 18.7. The first kappa shape index (κ1) is 18.2. The molecule has 1 unspecified atom stereocenters. The van der Waals surface area contributed by atoms with Crippen LogP contribution in [0, 0.1) is 0 Å². The Morgan fingerprint density at radius 3 is 2.64 bits per heavy atom. The Bertz CT molecular complexity index is 1140. The number of imidazole rings is 1. The van der Waals surface area contributed by atoms with Crippen molar-refractivity contribution in [1.29, 1.82) is 0 Å². The van der Waals surface area contributed by atoms with E-state index in [-0.39, 0.29) is 0 Å². The van der Waals surface area contributed by atoms with E-state index in [2.05, 4.69) is 15.0 Å². The molecule has 2 aromatic heterocycles. The van der Waals surface area contributed by atoms with Gasteiger partial charge in [-0.15, -0.1) is 0 Å². The van der Waals surface area contributed by atoms with Crippen LogP contribution >= 0.6 is 0 Å². The first-order valence-corrected chi connectivity index (χ1v) is 9.90. The Labute approximate surface area is 165 Å². The first-order valence-electron chi connectivity index (χ1n) is 8.75. The fourth-order valence-electron chi connectivity index (χ4n) is 2.96. The Hall–Kier alpha value is -3.19. The van der Waals surface area contributed by atoms with Gasteiger partial charge in [-0.2, -0.15) is 0 Å². The van der Waals surface area contributed by atoms with Crippen molar-refractivity contribution in [3.05, 3.63) is 60.8 Å². The van der Waals surface area contributed by atoms with Crippen molar-refractivity contribution in [3.63, 3.8) is 0 Å². The monoisotopic (exact) mass is 392 g/mol. The molecule has 4 aromatic rings. The van der Waals surface area contributed by atoms with Crippen LogP contribution in [0.15, 0.2) is 70.8 Å². The number of rotatable bonds is 5. The molecule has 0 amide bonds. The number of nitrogens with zero attached hydrogens (tertiary/aromatic N) is 3. The van der Waals surface area contributed by atoms with Gasteiger partial charge >= 0.3 is 0 Å². The second kappa shape index (κ2) is 7.44. The second-order valence-corrected chi connectivity index (χ2v) is 7.85. The number of nitrogens with one attached hydrogen (secondary N) is 1. The van der Waals surface area contributed by atoms with Crippen LogP contribution in [0.1, 0.15) is 0 Å². The maximum Gasteiger partial charge on any atom is 0.202 e. The molecule has 0 bridgehead atoms. The number of ether oxygens (including phenoxy) is 1. The van der Waals surface area contributed by atoms with Gasteiger partial charge in [-0.1, -0.05) is 12.1 Å². The molecule has 28 heavy (non-hydrogen) atoms. The Morgan fingerprint density at radius 2 is 1.89 bits per heavy atom. The fraction of sp³-hybridized carbons (Fsp3) is 0.143. The number of methoxy groups -OCH3 is 1. The number of aromatic amines is 1. The molecule has 7 heteroatoms. The van der Waals surface area contributed by atoms with Gasteiger partial charge in [-0.25, -0.2) is 9.19 Å². The molecule has 0 fully saturated rings. The normalized spacial score (nSPS) is 12.1. The van der Waals surface area contributed by atoms with Crippen LogP contribution in [0.25, 0.3) is 22.3 Å². The number of hydrogen-bond acceptors (Lipinski definition) is 5. The number of pyridine rings is 1. The Balaban J connectivity index is 1.86. The van der Waals surface area contributed by atoms with E-state index in [0.717, 1.165) is 22.3 Å². The third-order valence-electron chi connectivity index (χ3n) is 4.47. The maximum atomic E-state index is 13.4. The first-order chi connectivity index (χ1) is 13.6. The summed E-state index contributed by atoms with van der Waals surface area (Å²) in [6.45, 7) is 0. The lowest BCUT2D eigenvalue weighted by atomic mass is 10.1. The average Bonchev–Trinajstić information content (AvgIpc) is 3.17. The van der Waals surface area contributed by atoms with Crippen molar-refractivity contribution < 1.29 is 8.95 Å². The summed E-state index contributed by atoms with van der Waals surface area (Å²) in [5, 5.41) is 0.419. The second-order valence-electron chi connectivity index (χ2n) is 6.48. The molecule has 1 N–H and O–H groups in total. The lowest BCUT2D eigenvalue weighted by molar-refractivity contribution is 0.414. The van der Waals surface area contributed by atoms with Gasteiger partial charge in [0, 0.05) is 37.6 Å². The molecular formula is C21H20N4O2S. The van der Waals surface area contributed by atoms with E-state index in [1.165, 1.54) is 0 Å². The lowest BCUT2D eigenvalue weighted by Gasteiger charge is -2.16. The van der Waals surface area contributed by atoms with E-state index < -0.39 is 10.8 Å².